The van der Waals surface area contributed by atoms with Crippen molar-refractivity contribution in [3.8, 4) is 11.8 Å². The summed E-state index contributed by atoms with van der Waals surface area (Å²) in [5.41, 5.74) is 8.58. The summed E-state index contributed by atoms with van der Waals surface area (Å²) in [7, 11) is 0. The Hall–Kier alpha value is -3.78. The van der Waals surface area contributed by atoms with Crippen LogP contribution in [0, 0.1) is 11.8 Å². The van der Waals surface area contributed by atoms with E-state index in [-0.39, 0.29) is 0 Å². The highest BCUT2D eigenvalue weighted by Gasteiger charge is 2.37. The maximum absolute atomic E-state index is 11.8. The quantitative estimate of drug-likeness (QED) is 0.381. The zero-order chi connectivity index (χ0) is 19.1. The summed E-state index contributed by atoms with van der Waals surface area (Å²) in [4.78, 5) is 16.0. The number of nitrogens with one attached hydrogen (secondary N) is 1. The number of hydrogen-bond acceptors (Lipinski definition) is 3. The molecule has 5 nitrogen and oxygen atoms in total. The molecule has 1 saturated heterocycles. The number of nitrogens with two attached hydrogens (primary N) is 1. The number of alkyl carbamates (subject to hydrolysis) is 1. The second kappa shape index (κ2) is 8.54. The van der Waals surface area contributed by atoms with Crippen LogP contribution in [0.1, 0.15) is 22.7 Å². The first-order valence-electron chi connectivity index (χ1n) is 8.42. The van der Waals surface area contributed by atoms with E-state index in [0.29, 0.717) is 5.70 Å². The van der Waals surface area contributed by atoms with Gasteiger partial charge in [0.1, 0.15) is 6.04 Å². The van der Waals surface area contributed by atoms with Crippen LogP contribution in [0.25, 0.3) is 0 Å². The van der Waals surface area contributed by atoms with Crippen LogP contribution in [-0.2, 0) is 4.74 Å². The first-order chi connectivity index (χ1) is 13.2. The Morgan fingerprint density at radius 3 is 2.63 bits per heavy atom. The van der Waals surface area contributed by atoms with Crippen molar-refractivity contribution < 1.29 is 9.53 Å². The summed E-state index contributed by atoms with van der Waals surface area (Å²) in [5.74, 6) is 6.28. The van der Waals surface area contributed by atoms with Gasteiger partial charge in [0.15, 0.2) is 6.10 Å². The van der Waals surface area contributed by atoms with Crippen LogP contribution in [0.3, 0.4) is 0 Å². The number of cyclic esters (lactones) is 1. The van der Waals surface area contributed by atoms with Gasteiger partial charge in [-0.3, -0.25) is 0 Å². The second-order valence-corrected chi connectivity index (χ2v) is 5.79. The fourth-order valence-electron chi connectivity index (χ4n) is 2.80. The van der Waals surface area contributed by atoms with E-state index >= 15 is 0 Å². The lowest BCUT2D eigenvalue weighted by Gasteiger charge is -2.17. The maximum Gasteiger partial charge on any atom is 0.408 e. The van der Waals surface area contributed by atoms with E-state index in [1.54, 1.807) is 12.2 Å². The number of benzene rings is 2. The third-order valence-electron chi connectivity index (χ3n) is 3.98. The first kappa shape index (κ1) is 18.0. The van der Waals surface area contributed by atoms with E-state index in [1.165, 1.54) is 6.34 Å². The minimum absolute atomic E-state index is 0.397. The van der Waals surface area contributed by atoms with Crippen molar-refractivity contribution in [2.24, 2.45) is 10.7 Å². The smallest absolute Gasteiger partial charge is 0.408 e. The normalized spacial score (nSPS) is 19.1. The number of nitrogens with zero attached hydrogens (tertiary/aromatic N) is 1. The molecule has 1 aliphatic rings. The maximum atomic E-state index is 11.8. The van der Waals surface area contributed by atoms with Crippen molar-refractivity contribution in [2.75, 3.05) is 0 Å². The third-order valence-corrected chi connectivity index (χ3v) is 3.98. The zero-order valence-electron chi connectivity index (χ0n) is 14.6. The van der Waals surface area contributed by atoms with Crippen molar-refractivity contribution in [1.29, 1.82) is 0 Å². The lowest BCUT2D eigenvalue weighted by Crippen LogP contribution is -2.24. The number of amides is 1. The van der Waals surface area contributed by atoms with Crippen LogP contribution in [0.15, 0.2) is 84.0 Å². The van der Waals surface area contributed by atoms with Gasteiger partial charge in [-0.15, -0.1) is 0 Å². The van der Waals surface area contributed by atoms with Crippen molar-refractivity contribution >= 4 is 12.4 Å². The average molecular weight is 357 g/mol. The van der Waals surface area contributed by atoms with E-state index in [1.807, 2.05) is 54.6 Å². The average Bonchev–Trinajstić information content (AvgIpc) is 3.09. The third kappa shape index (κ3) is 4.44. The lowest BCUT2D eigenvalue weighted by molar-refractivity contribution is 0.148. The van der Waals surface area contributed by atoms with Gasteiger partial charge in [0.05, 0.1) is 12.0 Å². The summed E-state index contributed by atoms with van der Waals surface area (Å²) in [6.45, 7) is 3.67. The monoisotopic (exact) mass is 357 g/mol. The van der Waals surface area contributed by atoms with Crippen LogP contribution in [0.2, 0.25) is 0 Å². The van der Waals surface area contributed by atoms with Gasteiger partial charge < -0.3 is 15.8 Å². The molecule has 2 aromatic rings. The first-order valence-corrected chi connectivity index (χ1v) is 8.42. The molecule has 27 heavy (non-hydrogen) atoms. The molecule has 0 aromatic heterocycles. The minimum atomic E-state index is -0.604. The molecule has 2 atom stereocenters. The number of rotatable bonds is 4. The zero-order valence-corrected chi connectivity index (χ0v) is 14.6. The number of carbonyl (C=O) groups excluding carboxylic acids is 1. The van der Waals surface area contributed by atoms with Crippen LogP contribution in [-0.4, -0.2) is 18.5 Å². The number of aliphatic imine (C=N–C) groups is 1. The molecule has 0 aliphatic carbocycles. The van der Waals surface area contributed by atoms with Gasteiger partial charge in [-0.05, 0) is 35.9 Å². The Kier molecular flexibility index (Phi) is 5.70. The largest absolute Gasteiger partial charge is 0.437 e. The summed E-state index contributed by atoms with van der Waals surface area (Å²) in [6.07, 6.45) is 3.30. The predicted octanol–water partition coefficient (Wildman–Crippen LogP) is 3.29. The molecule has 5 heteroatoms. The topological polar surface area (TPSA) is 76.7 Å². The van der Waals surface area contributed by atoms with Crippen LogP contribution in [0.5, 0.6) is 0 Å². The van der Waals surface area contributed by atoms with E-state index < -0.39 is 18.2 Å². The predicted molar refractivity (Wildman–Crippen MR) is 106 cm³/mol. The molecule has 0 unspecified atom stereocenters. The summed E-state index contributed by atoms with van der Waals surface area (Å²) in [5, 5.41) is 2.82. The standard InChI is InChI=1S/C22H19N3O2/c1-2-7-19(24-15-23)21-20(25-22(26)27-21)18-11-6-10-17(14-18)13-12-16-8-4-3-5-9-16/h2-11,14-15,20-21H,1H2,(H2,23,24)(H,25,26)/b19-7-/t20-,21-/m0/s1. The lowest BCUT2D eigenvalue weighted by atomic mass is 9.98. The SMILES string of the molecule is C=C/C=C(\N=C/N)[C@@H]1OC(=O)N[C@H]1c1cccc(C#Cc2ccccc2)c1. The fourth-order valence-corrected chi connectivity index (χ4v) is 2.80. The molecular formula is C22H19N3O2. The summed E-state index contributed by atoms with van der Waals surface area (Å²) in [6, 6.07) is 17.0. The number of hydrogen-bond donors (Lipinski definition) is 2. The van der Waals surface area contributed by atoms with Gasteiger partial charge in [0, 0.05) is 11.1 Å². The molecule has 1 amide bonds. The molecule has 0 radical (unpaired) electrons. The van der Waals surface area contributed by atoms with Crippen molar-refractivity contribution in [3.63, 3.8) is 0 Å². The molecular weight excluding hydrogens is 338 g/mol. The number of carbonyl (C=O) groups is 1. The highest BCUT2D eigenvalue weighted by Crippen LogP contribution is 2.30. The van der Waals surface area contributed by atoms with Crippen LogP contribution < -0.4 is 11.1 Å². The van der Waals surface area contributed by atoms with E-state index in [4.69, 9.17) is 10.5 Å². The van der Waals surface area contributed by atoms with E-state index in [0.717, 1.165) is 16.7 Å². The number of ether oxygens (including phenoxy) is 1. The summed E-state index contributed by atoms with van der Waals surface area (Å²) < 4.78 is 5.39. The molecule has 3 rings (SSSR count). The minimum Gasteiger partial charge on any atom is -0.437 e. The second-order valence-electron chi connectivity index (χ2n) is 5.79. The highest BCUT2D eigenvalue weighted by molar-refractivity contribution is 5.72. The molecule has 0 bridgehead atoms. The molecule has 134 valence electrons. The Morgan fingerprint density at radius 1 is 1.15 bits per heavy atom. The Bertz CT molecular complexity index is 952. The van der Waals surface area contributed by atoms with Gasteiger partial charge >= 0.3 is 6.09 Å². The molecule has 1 fully saturated rings. The van der Waals surface area contributed by atoms with Crippen molar-refractivity contribution in [3.05, 3.63) is 95.7 Å². The Labute approximate surface area is 158 Å². The Morgan fingerprint density at radius 2 is 1.89 bits per heavy atom. The highest BCUT2D eigenvalue weighted by atomic mass is 16.6. The fraction of sp³-hybridized carbons (Fsp3) is 0.0909. The molecule has 2 aromatic carbocycles. The van der Waals surface area contributed by atoms with Crippen LogP contribution >= 0.6 is 0 Å². The van der Waals surface area contributed by atoms with Gasteiger partial charge in [-0.25, -0.2) is 9.79 Å². The van der Waals surface area contributed by atoms with E-state index in [2.05, 4.69) is 28.7 Å². The van der Waals surface area contributed by atoms with Crippen LogP contribution in [0.4, 0.5) is 4.79 Å². The summed E-state index contributed by atoms with van der Waals surface area (Å²) >= 11 is 0. The molecule has 0 saturated carbocycles. The van der Waals surface area contributed by atoms with E-state index in [9.17, 15) is 4.79 Å². The molecule has 1 heterocycles. The van der Waals surface area contributed by atoms with Crippen molar-refractivity contribution in [2.45, 2.75) is 12.1 Å². The van der Waals surface area contributed by atoms with Gasteiger partial charge in [-0.2, -0.15) is 0 Å². The number of allylic oxidation sites excluding steroid dienone is 2. The molecule has 0 spiro atoms. The molecule has 3 N–H and O–H groups in total. The van der Waals surface area contributed by atoms with Crippen molar-refractivity contribution in [1.82, 2.24) is 5.32 Å². The van der Waals surface area contributed by atoms with Gasteiger partial charge in [0.2, 0.25) is 0 Å². The molecule has 1 aliphatic heterocycles. The Balaban J connectivity index is 1.91. The van der Waals surface area contributed by atoms with Gasteiger partial charge in [0.25, 0.3) is 0 Å². The van der Waals surface area contributed by atoms with Gasteiger partial charge in [-0.1, -0.05) is 54.8 Å².